The fourth-order valence-electron chi connectivity index (χ4n) is 7.90. The van der Waals surface area contributed by atoms with Crippen LogP contribution in [0.1, 0.15) is 124 Å². The number of pyridine rings is 1. The molecule has 0 amide bonds. The van der Waals surface area contributed by atoms with Crippen molar-refractivity contribution >= 4 is 21.9 Å². The van der Waals surface area contributed by atoms with E-state index in [4.69, 9.17) is 13.5 Å². The lowest BCUT2D eigenvalue weighted by atomic mass is 9.55. The van der Waals surface area contributed by atoms with Crippen molar-refractivity contribution in [3.05, 3.63) is 112 Å². The second-order valence-corrected chi connectivity index (χ2v) is 15.6. The molecule has 0 atom stereocenters. The summed E-state index contributed by atoms with van der Waals surface area (Å²) in [5, 5.41) is 2.11. The Morgan fingerprint density at radius 3 is 1.96 bits per heavy atom. The van der Waals surface area contributed by atoms with Gasteiger partial charge in [-0.3, -0.25) is 4.98 Å². The highest BCUT2D eigenvalue weighted by atomic mass is 16.3. The molecule has 1 aliphatic rings. The van der Waals surface area contributed by atoms with Crippen LogP contribution in [-0.2, 0) is 10.8 Å². The monoisotopic (exact) mass is 622 g/mol. The van der Waals surface area contributed by atoms with Crippen LogP contribution in [0.3, 0.4) is 0 Å². The van der Waals surface area contributed by atoms with E-state index in [1.54, 1.807) is 6.20 Å². The van der Waals surface area contributed by atoms with Crippen molar-refractivity contribution in [1.82, 2.24) is 4.98 Å². The summed E-state index contributed by atoms with van der Waals surface area (Å²) in [4.78, 5) is 4.87. The van der Waals surface area contributed by atoms with E-state index in [0.29, 0.717) is 11.6 Å². The van der Waals surface area contributed by atoms with Crippen LogP contribution in [-0.4, -0.2) is 4.98 Å². The van der Waals surface area contributed by atoms with Gasteiger partial charge in [0.1, 0.15) is 11.2 Å². The van der Waals surface area contributed by atoms with Crippen molar-refractivity contribution in [1.29, 1.82) is 0 Å². The van der Waals surface area contributed by atoms with Gasteiger partial charge in [-0.05, 0) is 98.3 Å². The maximum atomic E-state index is 8.59. The van der Waals surface area contributed by atoms with Gasteiger partial charge in [0.25, 0.3) is 0 Å². The first-order valence-corrected chi connectivity index (χ1v) is 17.2. The highest BCUT2D eigenvalue weighted by molar-refractivity contribution is 6.12. The van der Waals surface area contributed by atoms with Crippen molar-refractivity contribution < 1.29 is 8.53 Å². The van der Waals surface area contributed by atoms with Gasteiger partial charge in [-0.1, -0.05) is 124 Å². The van der Waals surface area contributed by atoms with Gasteiger partial charge in [0.05, 0.1) is 5.69 Å². The van der Waals surface area contributed by atoms with Crippen LogP contribution in [0.4, 0.5) is 0 Å². The van der Waals surface area contributed by atoms with Crippen LogP contribution in [0.2, 0.25) is 0 Å². The number of nitrogens with zero attached hydrogens (tertiary/aromatic N) is 1. The van der Waals surface area contributed by atoms with Gasteiger partial charge >= 0.3 is 0 Å². The molecule has 2 heteroatoms. The Bertz CT molecular complexity index is 2270. The van der Waals surface area contributed by atoms with Crippen molar-refractivity contribution in [2.45, 2.75) is 105 Å². The normalized spacial score (nSPS) is 16.4. The highest BCUT2D eigenvalue weighted by Gasteiger charge is 2.47. The maximum absolute atomic E-state index is 8.59. The fraction of sp³-hybridized carbons (Fsp3) is 0.356. The van der Waals surface area contributed by atoms with E-state index in [1.165, 1.54) is 38.9 Å². The van der Waals surface area contributed by atoms with Crippen molar-refractivity contribution in [2.24, 2.45) is 0 Å². The van der Waals surface area contributed by atoms with E-state index in [0.717, 1.165) is 38.6 Å². The average molecular weight is 623 g/mol. The summed E-state index contributed by atoms with van der Waals surface area (Å²) < 4.78 is 32.8. The molecule has 0 saturated heterocycles. The Balaban J connectivity index is 1.53. The first-order valence-electron chi connectivity index (χ1n) is 18.7. The Morgan fingerprint density at radius 2 is 1.30 bits per heavy atom. The summed E-state index contributed by atoms with van der Waals surface area (Å²) in [6.07, 6.45) is 1.58. The maximum Gasteiger partial charge on any atom is 0.144 e. The molecule has 7 rings (SSSR count). The molecule has 6 aromatic rings. The third-order valence-electron chi connectivity index (χ3n) is 11.3. The van der Waals surface area contributed by atoms with Gasteiger partial charge in [-0.15, -0.1) is 0 Å². The lowest BCUT2D eigenvalue weighted by Gasteiger charge is -2.48. The van der Waals surface area contributed by atoms with E-state index in [-0.39, 0.29) is 28.2 Å². The Hall–Kier alpha value is -4.17. The van der Waals surface area contributed by atoms with E-state index >= 15 is 0 Å². The standard InChI is InChI=1S/C45H49NO/c1-25(2)29-21-35(26(3)4)40(36(22-29)27(5)6)37-23-39(46-24-28(37)7)34-17-14-16-32-33-20-19-31-30-15-12-13-18-38(30)44(8,9)45(10,11)41(31)43(33)47-42(32)34/h12-27H,1-11H3/i7D3. The number of benzene rings is 4. The number of aryl methyl sites for hydroxylation is 1. The number of hydrogen-bond acceptors (Lipinski definition) is 2. The predicted molar refractivity (Wildman–Crippen MR) is 201 cm³/mol. The molecular formula is C45H49NO. The quantitative estimate of drug-likeness (QED) is 0.191. The van der Waals surface area contributed by atoms with Crippen molar-refractivity contribution in [3.63, 3.8) is 0 Å². The third kappa shape index (κ3) is 4.62. The lowest BCUT2D eigenvalue weighted by molar-refractivity contribution is 0.299. The van der Waals surface area contributed by atoms with E-state index in [9.17, 15) is 0 Å². The molecule has 0 N–H and O–H groups in total. The minimum Gasteiger partial charge on any atom is -0.455 e. The Morgan fingerprint density at radius 1 is 0.638 bits per heavy atom. The minimum atomic E-state index is -2.33. The molecule has 0 fully saturated rings. The largest absolute Gasteiger partial charge is 0.455 e. The van der Waals surface area contributed by atoms with Gasteiger partial charge in [-0.2, -0.15) is 0 Å². The van der Waals surface area contributed by atoms with Gasteiger partial charge in [0.15, 0.2) is 0 Å². The number of fused-ring (bicyclic) bond motifs is 7. The number of hydrogen-bond donors (Lipinski definition) is 0. The molecule has 0 spiro atoms. The van der Waals surface area contributed by atoms with Crippen LogP contribution >= 0.6 is 0 Å². The molecule has 47 heavy (non-hydrogen) atoms. The zero-order chi connectivity index (χ0) is 36.1. The van der Waals surface area contributed by atoms with Crippen molar-refractivity contribution in [3.8, 4) is 33.5 Å². The molecule has 2 nitrogen and oxygen atoms in total. The molecule has 0 radical (unpaired) electrons. The number of para-hydroxylation sites is 1. The fourth-order valence-corrected chi connectivity index (χ4v) is 7.90. The van der Waals surface area contributed by atoms with Crippen LogP contribution < -0.4 is 0 Å². The summed E-state index contributed by atoms with van der Waals surface area (Å²) >= 11 is 0. The van der Waals surface area contributed by atoms with Gasteiger partial charge < -0.3 is 4.42 Å². The van der Waals surface area contributed by atoms with Crippen LogP contribution in [0.25, 0.3) is 55.4 Å². The van der Waals surface area contributed by atoms with E-state index < -0.39 is 6.85 Å². The molecule has 0 bridgehead atoms. The summed E-state index contributed by atoms with van der Waals surface area (Å²) in [5.41, 5.74) is 13.5. The van der Waals surface area contributed by atoms with Gasteiger partial charge in [-0.25, -0.2) is 0 Å². The predicted octanol–water partition coefficient (Wildman–Crippen LogP) is 13.2. The molecule has 0 saturated carbocycles. The second kappa shape index (κ2) is 10.9. The zero-order valence-corrected chi connectivity index (χ0v) is 29.6. The summed E-state index contributed by atoms with van der Waals surface area (Å²) in [5.74, 6) is 0.754. The molecule has 1 aliphatic carbocycles. The summed E-state index contributed by atoms with van der Waals surface area (Å²) in [6.45, 7) is 20.2. The Kier molecular flexibility index (Phi) is 6.49. The molecule has 0 aliphatic heterocycles. The molecular weight excluding hydrogens is 571 g/mol. The Labute approximate surface area is 285 Å². The van der Waals surface area contributed by atoms with Crippen LogP contribution in [0.5, 0.6) is 0 Å². The highest BCUT2D eigenvalue weighted by Crippen LogP contribution is 2.56. The molecule has 4 aromatic carbocycles. The summed E-state index contributed by atoms with van der Waals surface area (Å²) in [6, 6.07) is 26.0. The molecule has 0 unspecified atom stereocenters. The lowest BCUT2D eigenvalue weighted by Crippen LogP contribution is -2.43. The van der Waals surface area contributed by atoms with E-state index in [1.807, 2.05) is 6.07 Å². The summed E-state index contributed by atoms with van der Waals surface area (Å²) in [7, 11) is 0. The van der Waals surface area contributed by atoms with Crippen LogP contribution in [0, 0.1) is 6.85 Å². The van der Waals surface area contributed by atoms with Gasteiger partial charge in [0, 0.05) is 37.6 Å². The van der Waals surface area contributed by atoms with Crippen molar-refractivity contribution in [2.75, 3.05) is 0 Å². The van der Waals surface area contributed by atoms with Crippen LogP contribution in [0.15, 0.2) is 83.4 Å². The van der Waals surface area contributed by atoms with E-state index in [2.05, 4.69) is 136 Å². The number of aromatic nitrogens is 1. The topological polar surface area (TPSA) is 26.0 Å². The number of furan rings is 1. The first kappa shape index (κ1) is 27.9. The first-order chi connectivity index (χ1) is 23.4. The smallest absolute Gasteiger partial charge is 0.144 e. The minimum absolute atomic E-state index is 0.137. The third-order valence-corrected chi connectivity index (χ3v) is 11.3. The average Bonchev–Trinajstić information content (AvgIpc) is 3.44. The SMILES string of the molecule is [2H]C([2H])([2H])c1cnc(-c2cccc3c2oc2c4c(ccc23)-c2ccccc2C(C)(C)C4(C)C)cc1-c1c(C(C)C)cc(C(C)C)cc1C(C)C. The molecule has 240 valence electrons. The molecule has 2 aromatic heterocycles. The molecule has 2 heterocycles. The zero-order valence-electron chi connectivity index (χ0n) is 32.6. The second-order valence-electron chi connectivity index (χ2n) is 15.6. The van der Waals surface area contributed by atoms with Gasteiger partial charge in [0.2, 0.25) is 0 Å². The number of rotatable bonds is 5.